The van der Waals surface area contributed by atoms with Crippen LogP contribution in [-0.2, 0) is 16.8 Å². The summed E-state index contributed by atoms with van der Waals surface area (Å²) in [6.07, 6.45) is 1.63. The predicted octanol–water partition coefficient (Wildman–Crippen LogP) is 6.22. The molecule has 2 aliphatic heterocycles. The number of nitrogens with one attached hydrogen (secondary N) is 1. The molecule has 0 amide bonds. The number of anilines is 1. The van der Waals surface area contributed by atoms with E-state index in [9.17, 15) is 14.7 Å². The Labute approximate surface area is 263 Å². The first kappa shape index (κ1) is 34.2. The first-order valence-electron chi connectivity index (χ1n) is 14.6. The van der Waals surface area contributed by atoms with E-state index in [1.807, 2.05) is 12.1 Å². The minimum absolute atomic E-state index is 0. The lowest BCUT2D eigenvalue weighted by Crippen LogP contribution is -2.35. The Hall–Kier alpha value is -3.34. The molecular formula is C32H43BrFN3O6. The highest BCUT2D eigenvalue weighted by atomic mass is 79.9. The van der Waals surface area contributed by atoms with Crippen molar-refractivity contribution in [1.82, 2.24) is 4.90 Å². The molecule has 0 spiro atoms. The van der Waals surface area contributed by atoms with Crippen LogP contribution in [0.4, 0.5) is 10.1 Å². The fourth-order valence-corrected chi connectivity index (χ4v) is 5.83. The number of methoxy groups -OCH3 is 1. The van der Waals surface area contributed by atoms with Gasteiger partial charge in [0.15, 0.2) is 23.1 Å². The van der Waals surface area contributed by atoms with Crippen LogP contribution in [0.25, 0.3) is 0 Å². The van der Waals surface area contributed by atoms with Gasteiger partial charge in [0.1, 0.15) is 11.6 Å². The maximum atomic E-state index is 15.5. The van der Waals surface area contributed by atoms with E-state index in [1.165, 1.54) is 0 Å². The second kappa shape index (κ2) is 14.0. The van der Waals surface area contributed by atoms with Crippen LogP contribution in [0, 0.1) is 17.1 Å². The highest BCUT2D eigenvalue weighted by Crippen LogP contribution is 2.42. The number of Topliss-reactive ketones (excluding diaryl/α,β-unsaturated/α-hetero) is 1. The predicted molar refractivity (Wildman–Crippen MR) is 170 cm³/mol. The highest BCUT2D eigenvalue weighted by Gasteiger charge is 2.34. The van der Waals surface area contributed by atoms with Crippen molar-refractivity contribution in [3.05, 3.63) is 46.3 Å². The molecule has 0 radical (unpaired) electrons. The second-order valence-corrected chi connectivity index (χ2v) is 11.9. The zero-order valence-electron chi connectivity index (χ0n) is 25.8. The van der Waals surface area contributed by atoms with Crippen molar-refractivity contribution >= 4 is 40.3 Å². The van der Waals surface area contributed by atoms with Gasteiger partial charge in [0.2, 0.25) is 0 Å². The number of fused-ring (bicyclic) bond motifs is 1. The van der Waals surface area contributed by atoms with Gasteiger partial charge in [-0.2, -0.15) is 0 Å². The molecule has 4 rings (SSSR count). The van der Waals surface area contributed by atoms with Crippen LogP contribution in [-0.4, -0.2) is 67.6 Å². The number of rotatable bonds is 11. The molecule has 0 saturated carbocycles. The molecule has 0 atom stereocenters. The van der Waals surface area contributed by atoms with E-state index in [-0.39, 0.29) is 77.4 Å². The van der Waals surface area contributed by atoms with E-state index >= 15 is 4.39 Å². The maximum absolute atomic E-state index is 15.5. The van der Waals surface area contributed by atoms with Crippen LogP contribution in [0.5, 0.6) is 17.2 Å². The van der Waals surface area contributed by atoms with Gasteiger partial charge in [-0.1, -0.05) is 20.8 Å². The normalized spacial score (nSPS) is 15.2. The largest absolute Gasteiger partial charge is 0.494 e. The molecule has 9 nitrogen and oxygen atoms in total. The number of hydrogen-bond acceptors (Lipinski definition) is 7. The molecule has 0 aromatic heterocycles. The molecule has 2 N–H and O–H groups in total. The number of nitrogens with zero attached hydrogens (tertiary/aromatic N) is 2. The Morgan fingerprint density at radius 1 is 1.07 bits per heavy atom. The zero-order valence-corrected chi connectivity index (χ0v) is 27.6. The van der Waals surface area contributed by atoms with Crippen LogP contribution in [0.15, 0.2) is 18.2 Å². The molecule has 236 valence electrons. The summed E-state index contributed by atoms with van der Waals surface area (Å²) in [4.78, 5) is 28.8. The summed E-state index contributed by atoms with van der Waals surface area (Å²) >= 11 is 0. The molecule has 2 heterocycles. The van der Waals surface area contributed by atoms with E-state index in [0.29, 0.717) is 42.3 Å². The van der Waals surface area contributed by atoms with Crippen molar-refractivity contribution in [2.45, 2.75) is 65.8 Å². The SMILES string of the molecule is Br.CCOc1cc2c(c(F)c1OCC)C(=N)N(CC(=O)c1cc(N3CCC(CC(=O)O)CC3)c(OC)c(C(C)(C)C)c1)C2. The molecular weight excluding hydrogens is 621 g/mol. The van der Waals surface area contributed by atoms with Crippen molar-refractivity contribution in [2.24, 2.45) is 5.92 Å². The number of benzene rings is 2. The molecule has 0 aliphatic carbocycles. The summed E-state index contributed by atoms with van der Waals surface area (Å²) in [6.45, 7) is 11.7. The fraction of sp³-hybridized carbons (Fsp3) is 0.531. The van der Waals surface area contributed by atoms with Crippen LogP contribution in [0.1, 0.15) is 80.9 Å². The number of amidine groups is 1. The van der Waals surface area contributed by atoms with Gasteiger partial charge < -0.3 is 29.1 Å². The zero-order chi connectivity index (χ0) is 30.8. The van der Waals surface area contributed by atoms with Gasteiger partial charge in [-0.3, -0.25) is 15.0 Å². The molecule has 1 fully saturated rings. The summed E-state index contributed by atoms with van der Waals surface area (Å²) in [5.41, 5.74) is 2.54. The monoisotopic (exact) mass is 663 g/mol. The fourth-order valence-electron chi connectivity index (χ4n) is 5.83. The summed E-state index contributed by atoms with van der Waals surface area (Å²) in [7, 11) is 1.62. The second-order valence-electron chi connectivity index (χ2n) is 11.9. The molecule has 2 aromatic carbocycles. The molecule has 2 aliphatic rings. The summed E-state index contributed by atoms with van der Waals surface area (Å²) in [5.74, 6) is -0.603. The van der Waals surface area contributed by atoms with Gasteiger partial charge in [-0.25, -0.2) is 4.39 Å². The first-order valence-corrected chi connectivity index (χ1v) is 14.6. The van der Waals surface area contributed by atoms with E-state index in [2.05, 4.69) is 25.7 Å². The third kappa shape index (κ3) is 7.25. The van der Waals surface area contributed by atoms with E-state index in [0.717, 1.165) is 24.1 Å². The van der Waals surface area contributed by atoms with Gasteiger partial charge in [0, 0.05) is 37.2 Å². The molecule has 0 bridgehead atoms. The quantitative estimate of drug-likeness (QED) is 0.273. The minimum atomic E-state index is -0.786. The number of ketones is 1. The van der Waals surface area contributed by atoms with Crippen LogP contribution < -0.4 is 19.1 Å². The standard InChI is InChI=1S/C32H42FN3O6.BrH/c1-7-41-25-16-21-17-36(31(34)27(21)28(33)30(25)42-8-2)18-24(37)20-14-22(32(3,4)5)29(40-6)23(15-20)35-11-9-19(10-12-35)13-26(38)39;/h14-16,19,34H,7-13,17-18H2,1-6H3,(H,38,39);1H. The maximum Gasteiger partial charge on any atom is 0.303 e. The van der Waals surface area contributed by atoms with Gasteiger partial charge in [0.25, 0.3) is 0 Å². The van der Waals surface area contributed by atoms with E-state index in [4.69, 9.17) is 19.6 Å². The number of carbonyl (C=O) groups is 2. The average molecular weight is 665 g/mol. The molecule has 0 unspecified atom stereocenters. The Morgan fingerprint density at radius 3 is 2.28 bits per heavy atom. The number of carboxylic acid groups (broad SMARTS) is 1. The lowest BCUT2D eigenvalue weighted by Gasteiger charge is -2.36. The van der Waals surface area contributed by atoms with Crippen LogP contribution in [0.3, 0.4) is 0 Å². The lowest BCUT2D eigenvalue weighted by molar-refractivity contribution is -0.138. The smallest absolute Gasteiger partial charge is 0.303 e. The number of ether oxygens (including phenoxy) is 3. The highest BCUT2D eigenvalue weighted by molar-refractivity contribution is 8.93. The lowest BCUT2D eigenvalue weighted by atomic mass is 9.83. The number of piperidine rings is 1. The Balaban J connectivity index is 0.00000506. The Kier molecular flexibility index (Phi) is 11.1. The number of hydrogen-bond donors (Lipinski definition) is 2. The number of carboxylic acids is 1. The number of halogens is 2. The minimum Gasteiger partial charge on any atom is -0.494 e. The number of carbonyl (C=O) groups excluding carboxylic acids is 1. The van der Waals surface area contributed by atoms with Crippen molar-refractivity contribution in [3.63, 3.8) is 0 Å². The van der Waals surface area contributed by atoms with Gasteiger partial charge in [-0.15, -0.1) is 17.0 Å². The summed E-state index contributed by atoms with van der Waals surface area (Å²) in [6, 6.07) is 5.39. The Morgan fingerprint density at radius 2 is 1.72 bits per heavy atom. The third-order valence-corrected chi connectivity index (χ3v) is 7.93. The summed E-state index contributed by atoms with van der Waals surface area (Å²) < 4.78 is 32.6. The molecule has 1 saturated heterocycles. The number of aliphatic carboxylic acids is 1. The third-order valence-electron chi connectivity index (χ3n) is 7.93. The Bertz CT molecular complexity index is 1370. The first-order chi connectivity index (χ1) is 19.9. The average Bonchev–Trinajstić information content (AvgIpc) is 3.24. The molecule has 43 heavy (non-hydrogen) atoms. The van der Waals surface area contributed by atoms with E-state index < -0.39 is 11.8 Å². The van der Waals surface area contributed by atoms with Crippen molar-refractivity contribution in [1.29, 1.82) is 5.41 Å². The van der Waals surface area contributed by atoms with Crippen LogP contribution in [0.2, 0.25) is 0 Å². The van der Waals surface area contributed by atoms with Crippen LogP contribution >= 0.6 is 17.0 Å². The molecule has 2 aromatic rings. The topological polar surface area (TPSA) is 112 Å². The van der Waals surface area contributed by atoms with Gasteiger partial charge >= 0.3 is 5.97 Å². The van der Waals surface area contributed by atoms with Crippen molar-refractivity contribution < 1.29 is 33.3 Å². The van der Waals surface area contributed by atoms with Gasteiger partial charge in [0.05, 0.1) is 38.1 Å². The molecule has 11 heteroatoms. The van der Waals surface area contributed by atoms with E-state index in [1.54, 1.807) is 31.9 Å². The van der Waals surface area contributed by atoms with Crippen molar-refractivity contribution in [3.8, 4) is 17.2 Å². The van der Waals surface area contributed by atoms with Crippen molar-refractivity contribution in [2.75, 3.05) is 44.9 Å². The van der Waals surface area contributed by atoms with Gasteiger partial charge in [-0.05, 0) is 61.8 Å². The summed E-state index contributed by atoms with van der Waals surface area (Å²) in [5, 5.41) is 17.9.